The maximum absolute atomic E-state index is 13.8. The highest BCUT2D eigenvalue weighted by atomic mass is 19.4. The Labute approximate surface area is 227 Å². The Kier molecular flexibility index (Phi) is 8.78. The Morgan fingerprint density at radius 3 is 2.49 bits per heavy atom. The molecule has 0 radical (unpaired) electrons. The lowest BCUT2D eigenvalue weighted by Crippen LogP contribution is -2.38. The first kappa shape index (κ1) is 28.8. The highest BCUT2D eigenvalue weighted by Gasteiger charge is 2.39. The summed E-state index contributed by atoms with van der Waals surface area (Å²) < 4.78 is 41.4. The van der Waals surface area contributed by atoms with Gasteiger partial charge in [0.25, 0.3) is 5.91 Å². The average Bonchev–Trinajstić information content (AvgIpc) is 3.51. The lowest BCUT2D eigenvalue weighted by molar-refractivity contribution is -0.138. The van der Waals surface area contributed by atoms with Crippen LogP contribution in [0.3, 0.4) is 0 Å². The van der Waals surface area contributed by atoms with Gasteiger partial charge in [0.2, 0.25) is 11.9 Å². The molecule has 2 fully saturated rings. The first-order valence-electron chi connectivity index (χ1n) is 13.5. The fraction of sp³-hybridized carbons (Fsp3) is 0.571. The number of likely N-dealkylation sites (tertiary alicyclic amines) is 1. The van der Waals surface area contributed by atoms with E-state index >= 15 is 0 Å². The Bertz CT molecular complexity index is 1170. The summed E-state index contributed by atoms with van der Waals surface area (Å²) in [6.45, 7) is 5.51. The van der Waals surface area contributed by atoms with E-state index in [0.29, 0.717) is 24.1 Å². The van der Waals surface area contributed by atoms with E-state index in [1.165, 1.54) is 0 Å². The maximum atomic E-state index is 13.8. The molecule has 1 aliphatic carbocycles. The number of benzene rings is 1. The number of carbonyl (C=O) groups excluding carboxylic acids is 2. The maximum Gasteiger partial charge on any atom is 0.419 e. The van der Waals surface area contributed by atoms with E-state index in [-0.39, 0.29) is 53.8 Å². The molecule has 2 aliphatic rings. The molecule has 0 spiro atoms. The van der Waals surface area contributed by atoms with E-state index in [0.717, 1.165) is 32.1 Å². The van der Waals surface area contributed by atoms with Gasteiger partial charge in [-0.2, -0.15) is 13.2 Å². The second kappa shape index (κ2) is 11.9. The number of likely N-dealkylation sites (N-methyl/N-ethyl adjacent to an activating group) is 2. The predicted molar refractivity (Wildman–Crippen MR) is 143 cm³/mol. The number of amides is 2. The van der Waals surface area contributed by atoms with Crippen molar-refractivity contribution in [3.05, 3.63) is 47.3 Å². The van der Waals surface area contributed by atoms with E-state index in [9.17, 15) is 22.8 Å². The van der Waals surface area contributed by atoms with Gasteiger partial charge in [-0.3, -0.25) is 9.59 Å². The van der Waals surface area contributed by atoms with Gasteiger partial charge in [0.05, 0.1) is 11.3 Å². The highest BCUT2D eigenvalue weighted by Crippen LogP contribution is 2.38. The minimum atomic E-state index is -4.61. The minimum Gasteiger partial charge on any atom is -0.354 e. The molecular formula is C28H37F3N6O2. The molecule has 0 bridgehead atoms. The number of nitrogens with one attached hydrogen (secondary N) is 2. The van der Waals surface area contributed by atoms with Crippen LogP contribution in [0.1, 0.15) is 61.1 Å². The van der Waals surface area contributed by atoms with Gasteiger partial charge in [-0.15, -0.1) is 0 Å². The zero-order chi connectivity index (χ0) is 28.3. The van der Waals surface area contributed by atoms with Crippen molar-refractivity contribution in [2.24, 2.45) is 11.8 Å². The second-order valence-corrected chi connectivity index (χ2v) is 11.0. The van der Waals surface area contributed by atoms with Crippen molar-refractivity contribution >= 4 is 23.5 Å². The van der Waals surface area contributed by atoms with Gasteiger partial charge in [0.1, 0.15) is 0 Å². The topological polar surface area (TPSA) is 90.5 Å². The van der Waals surface area contributed by atoms with E-state index in [2.05, 4.69) is 25.5 Å². The summed E-state index contributed by atoms with van der Waals surface area (Å²) in [5.41, 5.74) is 0.0721. The number of halogens is 3. The van der Waals surface area contributed by atoms with Gasteiger partial charge in [-0.25, -0.2) is 9.97 Å². The Hall–Kier alpha value is -3.21. The van der Waals surface area contributed by atoms with Crippen LogP contribution in [0, 0.1) is 11.8 Å². The van der Waals surface area contributed by atoms with Crippen molar-refractivity contribution in [2.45, 2.75) is 64.2 Å². The molecule has 39 heavy (non-hydrogen) atoms. The van der Waals surface area contributed by atoms with Crippen LogP contribution in [-0.4, -0.2) is 70.9 Å². The largest absolute Gasteiger partial charge is 0.419 e. The van der Waals surface area contributed by atoms with Crippen LogP contribution >= 0.6 is 0 Å². The molecule has 1 unspecified atom stereocenters. The summed E-state index contributed by atoms with van der Waals surface area (Å²) in [5.74, 6) is -0.733. The van der Waals surface area contributed by atoms with E-state index in [1.807, 2.05) is 20.9 Å². The number of anilines is 2. The van der Waals surface area contributed by atoms with Crippen LogP contribution in [-0.2, 0) is 17.4 Å². The molecule has 1 saturated heterocycles. The van der Waals surface area contributed by atoms with Crippen molar-refractivity contribution < 1.29 is 22.8 Å². The van der Waals surface area contributed by atoms with Crippen LogP contribution in [0.2, 0.25) is 0 Å². The first-order chi connectivity index (χ1) is 18.4. The standard InChI is InChI=1S/C28H37F3N6O2/c1-17(2)33-25(38)22-7-5-6-19(22)14-24-23(28(29,30)31)15-32-27(35-24)34-20-10-8-18(9-11-20)26(39)37(4)21-12-13-36(3)16-21/h8-11,15,17,19,21-22H,5-7,12-14,16H2,1-4H3,(H,33,38)(H,32,34,35)/t19-,21?,22-/m0/s1. The van der Waals surface area contributed by atoms with Gasteiger partial charge in [-0.1, -0.05) is 6.42 Å². The molecule has 2 amide bonds. The highest BCUT2D eigenvalue weighted by molar-refractivity contribution is 5.94. The second-order valence-electron chi connectivity index (χ2n) is 11.0. The van der Waals surface area contributed by atoms with E-state index < -0.39 is 11.7 Å². The van der Waals surface area contributed by atoms with Crippen LogP contribution in [0.25, 0.3) is 0 Å². The molecule has 11 heteroatoms. The van der Waals surface area contributed by atoms with Crippen LogP contribution in [0.4, 0.5) is 24.8 Å². The molecule has 2 N–H and O–H groups in total. The normalized spacial score (nSPS) is 21.8. The van der Waals surface area contributed by atoms with E-state index in [4.69, 9.17) is 0 Å². The quantitative estimate of drug-likeness (QED) is 0.507. The summed E-state index contributed by atoms with van der Waals surface area (Å²) in [4.78, 5) is 37.7. The number of alkyl halides is 3. The summed E-state index contributed by atoms with van der Waals surface area (Å²) in [7, 11) is 3.83. The number of hydrogen-bond donors (Lipinski definition) is 2. The fourth-order valence-electron chi connectivity index (χ4n) is 5.56. The summed E-state index contributed by atoms with van der Waals surface area (Å²) in [6.07, 6.45) is -0.733. The van der Waals surface area contributed by atoms with Crippen molar-refractivity contribution in [3.63, 3.8) is 0 Å². The molecule has 212 valence electrons. The van der Waals surface area contributed by atoms with Gasteiger partial charge in [0, 0.05) is 49.0 Å². The molecule has 1 aromatic heterocycles. The number of rotatable bonds is 8. The molecule has 3 atom stereocenters. The van der Waals surface area contributed by atoms with Gasteiger partial charge >= 0.3 is 6.18 Å². The molecule has 8 nitrogen and oxygen atoms in total. The molecule has 1 aromatic carbocycles. The Balaban J connectivity index is 1.48. The molecule has 1 saturated carbocycles. The molecule has 2 aromatic rings. The van der Waals surface area contributed by atoms with Crippen LogP contribution in [0.15, 0.2) is 30.5 Å². The number of aromatic nitrogens is 2. The van der Waals surface area contributed by atoms with Crippen molar-refractivity contribution in [1.29, 1.82) is 0 Å². The number of hydrogen-bond acceptors (Lipinski definition) is 6. The zero-order valence-corrected chi connectivity index (χ0v) is 22.9. The fourth-order valence-corrected chi connectivity index (χ4v) is 5.56. The van der Waals surface area contributed by atoms with Crippen molar-refractivity contribution in [1.82, 2.24) is 25.1 Å². The molecular weight excluding hydrogens is 509 g/mol. The average molecular weight is 547 g/mol. The van der Waals surface area contributed by atoms with Gasteiger partial charge in [-0.05, 0) is 83.3 Å². The molecule has 4 rings (SSSR count). The van der Waals surface area contributed by atoms with Gasteiger partial charge in [0.15, 0.2) is 0 Å². The van der Waals surface area contributed by atoms with Gasteiger partial charge < -0.3 is 20.4 Å². The SMILES string of the molecule is CC(C)NC(=O)[C@H]1CCC[C@H]1Cc1nc(Nc2ccc(C(=O)N(C)C3CCN(C)C3)cc2)ncc1C(F)(F)F. The van der Waals surface area contributed by atoms with Crippen molar-refractivity contribution in [2.75, 3.05) is 32.5 Å². The van der Waals surface area contributed by atoms with E-state index in [1.54, 1.807) is 36.2 Å². The minimum absolute atomic E-state index is 0.0318. The Morgan fingerprint density at radius 2 is 1.87 bits per heavy atom. The molecule has 1 aliphatic heterocycles. The van der Waals surface area contributed by atoms with Crippen LogP contribution in [0.5, 0.6) is 0 Å². The number of carbonyl (C=O) groups is 2. The Morgan fingerprint density at radius 1 is 1.15 bits per heavy atom. The predicted octanol–water partition coefficient (Wildman–Crippen LogP) is 4.50. The monoisotopic (exact) mass is 546 g/mol. The summed E-state index contributed by atoms with van der Waals surface area (Å²) in [6, 6.07) is 6.86. The summed E-state index contributed by atoms with van der Waals surface area (Å²) in [5, 5.41) is 5.85. The smallest absolute Gasteiger partial charge is 0.354 e. The van der Waals surface area contributed by atoms with Crippen molar-refractivity contribution in [3.8, 4) is 0 Å². The van der Waals surface area contributed by atoms with Crippen LogP contribution < -0.4 is 10.6 Å². The lowest BCUT2D eigenvalue weighted by Gasteiger charge is -2.24. The molecule has 2 heterocycles. The third-order valence-electron chi connectivity index (χ3n) is 7.68. The summed E-state index contributed by atoms with van der Waals surface area (Å²) >= 11 is 0. The third-order valence-corrected chi connectivity index (χ3v) is 7.68. The number of nitrogens with zero attached hydrogens (tertiary/aromatic N) is 4. The lowest BCUT2D eigenvalue weighted by atomic mass is 9.89. The zero-order valence-electron chi connectivity index (χ0n) is 22.9. The first-order valence-corrected chi connectivity index (χ1v) is 13.5. The third kappa shape index (κ3) is 7.06.